The predicted octanol–water partition coefficient (Wildman–Crippen LogP) is 2.15. The van der Waals surface area contributed by atoms with Gasteiger partial charge in [-0.15, -0.1) is 0 Å². The van der Waals surface area contributed by atoms with E-state index in [1.54, 1.807) is 0 Å². The Balaban J connectivity index is 3.45. The van der Waals surface area contributed by atoms with Gasteiger partial charge in [-0.3, -0.25) is 4.79 Å². The van der Waals surface area contributed by atoms with Gasteiger partial charge in [-0.25, -0.2) is 0 Å². The summed E-state index contributed by atoms with van der Waals surface area (Å²) in [6, 6.07) is 0. The van der Waals surface area contributed by atoms with E-state index in [1.165, 1.54) is 7.11 Å². The average molecular weight is 156 g/mol. The molecule has 0 heterocycles. The fourth-order valence-corrected chi connectivity index (χ4v) is 0.872. The number of hydrogen-bond donors (Lipinski definition) is 0. The molecule has 0 aromatic carbocycles. The molecule has 1 atom stereocenters. The molecule has 0 aromatic rings. The third kappa shape index (κ3) is 5.64. The van der Waals surface area contributed by atoms with Crippen LogP contribution in [0.5, 0.6) is 0 Å². The van der Waals surface area contributed by atoms with Crippen molar-refractivity contribution in [1.82, 2.24) is 0 Å². The molecule has 0 amide bonds. The van der Waals surface area contributed by atoms with E-state index in [-0.39, 0.29) is 5.97 Å². The summed E-state index contributed by atoms with van der Waals surface area (Å²) in [6.07, 6.45) is 5.48. The lowest BCUT2D eigenvalue weighted by Gasteiger charge is -2.03. The third-order valence-electron chi connectivity index (χ3n) is 1.55. The molecule has 0 radical (unpaired) electrons. The minimum absolute atomic E-state index is 0.124. The van der Waals surface area contributed by atoms with Crippen molar-refractivity contribution in [3.63, 3.8) is 0 Å². The summed E-state index contributed by atoms with van der Waals surface area (Å²) < 4.78 is 4.52. The lowest BCUT2D eigenvalue weighted by molar-refractivity contribution is -0.140. The number of rotatable bonds is 4. The summed E-state index contributed by atoms with van der Waals surface area (Å²) in [5, 5.41) is 0. The molecule has 0 saturated carbocycles. The Labute approximate surface area is 68.2 Å². The Kier molecular flexibility index (Phi) is 5.53. The molecule has 64 valence electrons. The molecular weight excluding hydrogens is 140 g/mol. The standard InChI is InChI=1S/C9H16O2/c1-4-5-8(2)6-7-9(10)11-3/h4-5,8H,6-7H2,1-3H3/b5-4-. The number of carbonyl (C=O) groups is 1. The van der Waals surface area contributed by atoms with E-state index >= 15 is 0 Å². The van der Waals surface area contributed by atoms with Crippen LogP contribution >= 0.6 is 0 Å². The molecule has 2 heteroatoms. The van der Waals surface area contributed by atoms with Crippen molar-refractivity contribution in [3.05, 3.63) is 12.2 Å². The summed E-state index contributed by atoms with van der Waals surface area (Å²) in [5.74, 6) is 0.348. The first-order valence-electron chi connectivity index (χ1n) is 3.90. The van der Waals surface area contributed by atoms with Crippen LogP contribution in [0.1, 0.15) is 26.7 Å². The van der Waals surface area contributed by atoms with Crippen molar-refractivity contribution in [2.75, 3.05) is 7.11 Å². The maximum atomic E-state index is 10.7. The Morgan fingerprint density at radius 1 is 1.64 bits per heavy atom. The van der Waals surface area contributed by atoms with Crippen LogP contribution < -0.4 is 0 Å². The van der Waals surface area contributed by atoms with Crippen molar-refractivity contribution < 1.29 is 9.53 Å². The first-order valence-corrected chi connectivity index (χ1v) is 3.90. The number of esters is 1. The van der Waals surface area contributed by atoms with Crippen molar-refractivity contribution in [2.24, 2.45) is 5.92 Å². The average Bonchev–Trinajstić information content (AvgIpc) is 2.01. The highest BCUT2D eigenvalue weighted by Gasteiger charge is 2.02. The summed E-state index contributed by atoms with van der Waals surface area (Å²) in [4.78, 5) is 10.7. The zero-order valence-corrected chi connectivity index (χ0v) is 7.46. The first-order chi connectivity index (χ1) is 5.20. The fourth-order valence-electron chi connectivity index (χ4n) is 0.872. The van der Waals surface area contributed by atoms with Gasteiger partial charge in [0.1, 0.15) is 0 Å². The molecule has 0 N–H and O–H groups in total. The van der Waals surface area contributed by atoms with Crippen LogP contribution in [0.3, 0.4) is 0 Å². The van der Waals surface area contributed by atoms with Crippen molar-refractivity contribution in [1.29, 1.82) is 0 Å². The van der Waals surface area contributed by atoms with Crippen LogP contribution in [-0.4, -0.2) is 13.1 Å². The maximum Gasteiger partial charge on any atom is 0.305 e. The Morgan fingerprint density at radius 2 is 2.27 bits per heavy atom. The minimum atomic E-state index is -0.124. The highest BCUT2D eigenvalue weighted by Crippen LogP contribution is 2.07. The molecule has 11 heavy (non-hydrogen) atoms. The zero-order valence-electron chi connectivity index (χ0n) is 7.46. The molecule has 0 fully saturated rings. The highest BCUT2D eigenvalue weighted by atomic mass is 16.5. The van der Waals surface area contributed by atoms with Crippen LogP contribution in [0.4, 0.5) is 0 Å². The van der Waals surface area contributed by atoms with E-state index in [0.717, 1.165) is 6.42 Å². The molecule has 0 spiro atoms. The number of ether oxygens (including phenoxy) is 1. The largest absolute Gasteiger partial charge is 0.469 e. The van der Waals surface area contributed by atoms with Crippen LogP contribution in [-0.2, 0) is 9.53 Å². The quantitative estimate of drug-likeness (QED) is 0.460. The van der Waals surface area contributed by atoms with Gasteiger partial charge >= 0.3 is 5.97 Å². The smallest absolute Gasteiger partial charge is 0.305 e. The number of methoxy groups -OCH3 is 1. The van der Waals surface area contributed by atoms with Gasteiger partial charge in [0.2, 0.25) is 0 Å². The van der Waals surface area contributed by atoms with Gasteiger partial charge in [0, 0.05) is 6.42 Å². The van der Waals surface area contributed by atoms with E-state index in [2.05, 4.69) is 17.7 Å². The molecule has 0 aliphatic carbocycles. The summed E-state index contributed by atoms with van der Waals surface area (Å²) in [5.41, 5.74) is 0. The van der Waals surface area contributed by atoms with Gasteiger partial charge < -0.3 is 4.74 Å². The van der Waals surface area contributed by atoms with Gasteiger partial charge in [-0.05, 0) is 19.3 Å². The van der Waals surface area contributed by atoms with Crippen molar-refractivity contribution in [3.8, 4) is 0 Å². The Bertz CT molecular complexity index is 138. The third-order valence-corrected chi connectivity index (χ3v) is 1.55. The molecule has 0 aliphatic rings. The molecule has 0 bridgehead atoms. The SMILES string of the molecule is C/C=C\C(C)CCC(=O)OC. The number of allylic oxidation sites excluding steroid dienone is 2. The summed E-state index contributed by atoms with van der Waals surface area (Å²) in [7, 11) is 1.42. The number of hydrogen-bond acceptors (Lipinski definition) is 2. The predicted molar refractivity (Wildman–Crippen MR) is 45.2 cm³/mol. The first kappa shape index (κ1) is 10.2. The van der Waals surface area contributed by atoms with E-state index in [0.29, 0.717) is 12.3 Å². The lowest BCUT2D eigenvalue weighted by Crippen LogP contribution is -2.02. The summed E-state index contributed by atoms with van der Waals surface area (Å²) >= 11 is 0. The molecule has 0 saturated heterocycles. The van der Waals surface area contributed by atoms with Gasteiger partial charge in [0.05, 0.1) is 7.11 Å². The van der Waals surface area contributed by atoms with Gasteiger partial charge in [-0.1, -0.05) is 19.1 Å². The molecule has 1 unspecified atom stereocenters. The van der Waals surface area contributed by atoms with E-state index < -0.39 is 0 Å². The van der Waals surface area contributed by atoms with Gasteiger partial charge in [-0.2, -0.15) is 0 Å². The second-order valence-corrected chi connectivity index (χ2v) is 2.62. The highest BCUT2D eigenvalue weighted by molar-refractivity contribution is 5.69. The molecule has 2 nitrogen and oxygen atoms in total. The normalized spacial score (nSPS) is 13.4. The topological polar surface area (TPSA) is 26.3 Å². The minimum Gasteiger partial charge on any atom is -0.469 e. The number of carbonyl (C=O) groups excluding carboxylic acids is 1. The Hall–Kier alpha value is -0.790. The van der Waals surface area contributed by atoms with Crippen LogP contribution in [0.15, 0.2) is 12.2 Å². The van der Waals surface area contributed by atoms with E-state index in [9.17, 15) is 4.79 Å². The van der Waals surface area contributed by atoms with Crippen LogP contribution in [0, 0.1) is 5.92 Å². The zero-order chi connectivity index (χ0) is 8.69. The molecule has 0 aromatic heterocycles. The van der Waals surface area contributed by atoms with Gasteiger partial charge in [0.25, 0.3) is 0 Å². The van der Waals surface area contributed by atoms with Crippen molar-refractivity contribution >= 4 is 5.97 Å². The second-order valence-electron chi connectivity index (χ2n) is 2.62. The summed E-state index contributed by atoms with van der Waals surface area (Å²) in [6.45, 7) is 4.07. The van der Waals surface area contributed by atoms with Crippen molar-refractivity contribution in [2.45, 2.75) is 26.7 Å². The van der Waals surface area contributed by atoms with E-state index in [1.807, 2.05) is 13.0 Å². The molecular formula is C9H16O2. The fraction of sp³-hybridized carbons (Fsp3) is 0.667. The monoisotopic (exact) mass is 156 g/mol. The Morgan fingerprint density at radius 3 is 2.73 bits per heavy atom. The molecule has 0 aliphatic heterocycles. The lowest BCUT2D eigenvalue weighted by atomic mass is 10.1. The van der Waals surface area contributed by atoms with Crippen LogP contribution in [0.2, 0.25) is 0 Å². The van der Waals surface area contributed by atoms with E-state index in [4.69, 9.17) is 0 Å². The second kappa shape index (κ2) is 5.96. The van der Waals surface area contributed by atoms with Gasteiger partial charge in [0.15, 0.2) is 0 Å². The van der Waals surface area contributed by atoms with Crippen LogP contribution in [0.25, 0.3) is 0 Å². The maximum absolute atomic E-state index is 10.7. The molecule has 0 rings (SSSR count).